The molecule has 0 aliphatic rings. The number of hydrogen-bond acceptors (Lipinski definition) is 3. The molecule has 4 heteroatoms. The molecule has 1 amide bonds. The minimum Gasteiger partial charge on any atom is -0.354 e. The van der Waals surface area contributed by atoms with Crippen molar-refractivity contribution in [2.75, 3.05) is 39.3 Å². The average Bonchev–Trinajstić information content (AvgIpc) is 2.25. The van der Waals surface area contributed by atoms with Crippen LogP contribution in [0, 0.1) is 0 Å². The van der Waals surface area contributed by atoms with Crippen molar-refractivity contribution < 1.29 is 4.79 Å². The Kier molecular flexibility index (Phi) is 9.11. The van der Waals surface area contributed by atoms with E-state index >= 15 is 0 Å². The molecule has 15 heavy (non-hydrogen) atoms. The molecule has 0 saturated heterocycles. The number of nitrogens with one attached hydrogen (secondary N) is 2. The zero-order valence-corrected chi connectivity index (χ0v) is 9.88. The molecule has 2 N–H and O–H groups in total. The second-order valence-corrected chi connectivity index (χ2v) is 3.30. The van der Waals surface area contributed by atoms with Gasteiger partial charge in [0.05, 0.1) is 6.54 Å². The van der Waals surface area contributed by atoms with Gasteiger partial charge >= 0.3 is 0 Å². The Labute approximate surface area is 92.7 Å². The summed E-state index contributed by atoms with van der Waals surface area (Å²) in [6.45, 7) is 12.5. The van der Waals surface area contributed by atoms with E-state index in [1.165, 1.54) is 0 Å². The second kappa shape index (κ2) is 9.68. The van der Waals surface area contributed by atoms with E-state index in [2.05, 4.69) is 36.0 Å². The Morgan fingerprint density at radius 3 is 2.60 bits per heavy atom. The van der Waals surface area contributed by atoms with Crippen molar-refractivity contribution in [1.82, 2.24) is 15.5 Å². The van der Waals surface area contributed by atoms with Crippen molar-refractivity contribution in [1.29, 1.82) is 0 Å². The van der Waals surface area contributed by atoms with E-state index in [0.29, 0.717) is 13.1 Å². The molecule has 4 nitrogen and oxygen atoms in total. The maximum Gasteiger partial charge on any atom is 0.234 e. The van der Waals surface area contributed by atoms with Crippen molar-refractivity contribution >= 4 is 5.91 Å². The minimum absolute atomic E-state index is 0.0454. The summed E-state index contributed by atoms with van der Waals surface area (Å²) in [6, 6.07) is 0. The average molecular weight is 213 g/mol. The molecular formula is C11H23N3O. The highest BCUT2D eigenvalue weighted by Gasteiger charge is 2.01. The third-order valence-corrected chi connectivity index (χ3v) is 2.22. The molecule has 0 aromatic carbocycles. The Bertz CT molecular complexity index is 179. The number of hydrogen-bond donors (Lipinski definition) is 2. The Morgan fingerprint density at radius 2 is 2.07 bits per heavy atom. The van der Waals surface area contributed by atoms with Crippen LogP contribution in [0.1, 0.15) is 13.8 Å². The quantitative estimate of drug-likeness (QED) is 0.425. The van der Waals surface area contributed by atoms with E-state index in [0.717, 1.165) is 26.2 Å². The molecule has 0 saturated carbocycles. The summed E-state index contributed by atoms with van der Waals surface area (Å²) in [5.41, 5.74) is 0. The smallest absolute Gasteiger partial charge is 0.234 e. The van der Waals surface area contributed by atoms with Crippen LogP contribution in [0.3, 0.4) is 0 Å². The van der Waals surface area contributed by atoms with Crippen molar-refractivity contribution in [2.24, 2.45) is 0 Å². The molecule has 0 spiro atoms. The van der Waals surface area contributed by atoms with Gasteiger partial charge in [0, 0.05) is 19.6 Å². The van der Waals surface area contributed by atoms with Crippen molar-refractivity contribution in [2.45, 2.75) is 13.8 Å². The Hall–Kier alpha value is -0.870. The summed E-state index contributed by atoms with van der Waals surface area (Å²) >= 11 is 0. The fourth-order valence-electron chi connectivity index (χ4n) is 1.24. The monoisotopic (exact) mass is 213 g/mol. The van der Waals surface area contributed by atoms with Crippen molar-refractivity contribution in [3.8, 4) is 0 Å². The van der Waals surface area contributed by atoms with Gasteiger partial charge in [0.2, 0.25) is 5.91 Å². The fraction of sp³-hybridized carbons (Fsp3) is 0.727. The highest BCUT2D eigenvalue weighted by molar-refractivity contribution is 5.77. The van der Waals surface area contributed by atoms with Gasteiger partial charge in [-0.25, -0.2) is 0 Å². The first kappa shape index (κ1) is 14.1. The zero-order valence-electron chi connectivity index (χ0n) is 9.88. The van der Waals surface area contributed by atoms with Crippen LogP contribution in [-0.2, 0) is 4.79 Å². The predicted octanol–water partition coefficient (Wildman–Crippen LogP) is 0.220. The standard InChI is InChI=1S/C11H23N3O/c1-4-7-12-10-11(15)13-8-9-14(5-2)6-3/h4,12H,1,5-10H2,2-3H3,(H,13,15). The van der Waals surface area contributed by atoms with Gasteiger partial charge in [0.1, 0.15) is 0 Å². The number of carbonyl (C=O) groups is 1. The number of rotatable bonds is 9. The first-order valence-corrected chi connectivity index (χ1v) is 5.55. The molecule has 0 bridgehead atoms. The maximum absolute atomic E-state index is 11.2. The molecule has 0 heterocycles. The lowest BCUT2D eigenvalue weighted by atomic mass is 10.4. The first-order valence-electron chi connectivity index (χ1n) is 5.55. The van der Waals surface area contributed by atoms with Gasteiger partial charge in [-0.05, 0) is 13.1 Å². The van der Waals surface area contributed by atoms with Crippen LogP contribution in [0.2, 0.25) is 0 Å². The van der Waals surface area contributed by atoms with E-state index in [4.69, 9.17) is 0 Å². The molecule has 0 aliphatic carbocycles. The number of nitrogens with zero attached hydrogens (tertiary/aromatic N) is 1. The summed E-state index contributed by atoms with van der Waals surface area (Å²) in [7, 11) is 0. The van der Waals surface area contributed by atoms with E-state index < -0.39 is 0 Å². The molecule has 0 rings (SSSR count). The summed E-state index contributed by atoms with van der Waals surface area (Å²) in [6.07, 6.45) is 1.74. The van der Waals surface area contributed by atoms with Gasteiger partial charge in [0.25, 0.3) is 0 Å². The van der Waals surface area contributed by atoms with Crippen LogP contribution >= 0.6 is 0 Å². The maximum atomic E-state index is 11.2. The van der Waals surface area contributed by atoms with Gasteiger partial charge in [-0.3, -0.25) is 4.79 Å². The van der Waals surface area contributed by atoms with Crippen LogP contribution in [0.15, 0.2) is 12.7 Å². The van der Waals surface area contributed by atoms with Crippen LogP contribution in [0.4, 0.5) is 0 Å². The zero-order chi connectivity index (χ0) is 11.5. The summed E-state index contributed by atoms with van der Waals surface area (Å²) in [5, 5.41) is 5.82. The number of likely N-dealkylation sites (N-methyl/N-ethyl adjacent to an activating group) is 1. The molecule has 0 atom stereocenters. The van der Waals surface area contributed by atoms with Crippen LogP contribution < -0.4 is 10.6 Å². The molecule has 88 valence electrons. The molecular weight excluding hydrogens is 190 g/mol. The fourth-order valence-corrected chi connectivity index (χ4v) is 1.24. The Morgan fingerprint density at radius 1 is 1.40 bits per heavy atom. The van der Waals surface area contributed by atoms with E-state index in [9.17, 15) is 4.79 Å². The van der Waals surface area contributed by atoms with Gasteiger partial charge < -0.3 is 15.5 Å². The predicted molar refractivity (Wildman–Crippen MR) is 63.9 cm³/mol. The van der Waals surface area contributed by atoms with Gasteiger partial charge in [0.15, 0.2) is 0 Å². The number of carbonyl (C=O) groups excluding carboxylic acids is 1. The molecule has 0 unspecified atom stereocenters. The summed E-state index contributed by atoms with van der Waals surface area (Å²) < 4.78 is 0. The SMILES string of the molecule is C=CCNCC(=O)NCCN(CC)CC. The van der Waals surface area contributed by atoms with Crippen LogP contribution in [0.5, 0.6) is 0 Å². The normalized spacial score (nSPS) is 10.3. The third kappa shape index (κ3) is 8.15. The lowest BCUT2D eigenvalue weighted by molar-refractivity contribution is -0.120. The lowest BCUT2D eigenvalue weighted by Crippen LogP contribution is -2.39. The number of amides is 1. The minimum atomic E-state index is 0.0454. The van der Waals surface area contributed by atoms with E-state index in [1.54, 1.807) is 6.08 Å². The van der Waals surface area contributed by atoms with Crippen molar-refractivity contribution in [3.05, 3.63) is 12.7 Å². The molecule has 0 aromatic rings. The topological polar surface area (TPSA) is 44.4 Å². The highest BCUT2D eigenvalue weighted by atomic mass is 16.1. The van der Waals surface area contributed by atoms with Crippen molar-refractivity contribution in [3.63, 3.8) is 0 Å². The third-order valence-electron chi connectivity index (χ3n) is 2.22. The summed E-state index contributed by atoms with van der Waals surface area (Å²) in [5.74, 6) is 0.0454. The van der Waals surface area contributed by atoms with Gasteiger partial charge in [-0.15, -0.1) is 6.58 Å². The molecule has 0 aromatic heterocycles. The van der Waals surface area contributed by atoms with Gasteiger partial charge in [-0.2, -0.15) is 0 Å². The highest BCUT2D eigenvalue weighted by Crippen LogP contribution is 1.83. The lowest BCUT2D eigenvalue weighted by Gasteiger charge is -2.17. The Balaban J connectivity index is 3.41. The van der Waals surface area contributed by atoms with Crippen LogP contribution in [0.25, 0.3) is 0 Å². The molecule has 0 aliphatic heterocycles. The largest absolute Gasteiger partial charge is 0.354 e. The van der Waals surface area contributed by atoms with Crippen LogP contribution in [-0.4, -0.2) is 50.1 Å². The van der Waals surface area contributed by atoms with E-state index in [1.807, 2.05) is 0 Å². The summed E-state index contributed by atoms with van der Waals surface area (Å²) in [4.78, 5) is 13.5. The van der Waals surface area contributed by atoms with E-state index in [-0.39, 0.29) is 5.91 Å². The molecule has 0 radical (unpaired) electrons. The second-order valence-electron chi connectivity index (χ2n) is 3.30. The van der Waals surface area contributed by atoms with Gasteiger partial charge in [-0.1, -0.05) is 19.9 Å². The molecule has 0 fully saturated rings. The first-order chi connectivity index (χ1) is 7.24.